The Balaban J connectivity index is 1.73. The molecule has 2 amide bonds. The quantitative estimate of drug-likeness (QED) is 0.815. The fraction of sp³-hybridized carbons (Fsp3) is 0.875. The molecule has 0 bridgehead atoms. The van der Waals surface area contributed by atoms with Crippen molar-refractivity contribution >= 4 is 12.0 Å². The number of carbonyl (C=O) groups excluding carboxylic acids is 2. The summed E-state index contributed by atoms with van der Waals surface area (Å²) >= 11 is 0. The van der Waals surface area contributed by atoms with Crippen LogP contribution in [0.25, 0.3) is 0 Å². The standard InChI is InChI=1S/C16H28N2O3/c1-2-21-16(20)18-11-9-13(10-12-18)15(19)17-14-7-5-3-4-6-8-14/h13-14H,2-12H2,1H3,(H,17,19). The summed E-state index contributed by atoms with van der Waals surface area (Å²) in [5.74, 6) is 0.240. The summed E-state index contributed by atoms with van der Waals surface area (Å²) in [5.41, 5.74) is 0. The highest BCUT2D eigenvalue weighted by molar-refractivity contribution is 5.79. The second-order valence-corrected chi connectivity index (χ2v) is 6.16. The van der Waals surface area contributed by atoms with Crippen LogP contribution in [0, 0.1) is 5.92 Å². The molecule has 5 heteroatoms. The minimum atomic E-state index is -0.250. The molecule has 2 aliphatic rings. The first-order chi connectivity index (χ1) is 10.2. The number of likely N-dealkylation sites (tertiary alicyclic amines) is 1. The Morgan fingerprint density at radius 2 is 1.67 bits per heavy atom. The summed E-state index contributed by atoms with van der Waals surface area (Å²) in [4.78, 5) is 25.7. The molecular formula is C16H28N2O3. The average Bonchev–Trinajstić information content (AvgIpc) is 2.76. The van der Waals surface area contributed by atoms with Gasteiger partial charge in [-0.05, 0) is 32.6 Å². The lowest BCUT2D eigenvalue weighted by atomic mass is 9.95. The number of amides is 2. The van der Waals surface area contributed by atoms with Crippen molar-refractivity contribution < 1.29 is 14.3 Å². The third-order valence-corrected chi connectivity index (χ3v) is 4.59. The first-order valence-electron chi connectivity index (χ1n) is 8.42. The Morgan fingerprint density at radius 1 is 1.05 bits per heavy atom. The zero-order chi connectivity index (χ0) is 15.1. The third kappa shape index (κ3) is 4.90. The lowest BCUT2D eigenvalue weighted by Gasteiger charge is -2.31. The van der Waals surface area contributed by atoms with Gasteiger partial charge in [-0.3, -0.25) is 4.79 Å². The van der Waals surface area contributed by atoms with Gasteiger partial charge in [-0.1, -0.05) is 25.7 Å². The molecule has 120 valence electrons. The summed E-state index contributed by atoms with van der Waals surface area (Å²) < 4.78 is 5.00. The van der Waals surface area contributed by atoms with E-state index < -0.39 is 0 Å². The van der Waals surface area contributed by atoms with E-state index in [0.717, 1.165) is 25.7 Å². The van der Waals surface area contributed by atoms with E-state index in [1.165, 1.54) is 25.7 Å². The van der Waals surface area contributed by atoms with Gasteiger partial charge in [-0.2, -0.15) is 0 Å². The zero-order valence-electron chi connectivity index (χ0n) is 13.1. The lowest BCUT2D eigenvalue weighted by Crippen LogP contribution is -2.45. The number of ether oxygens (including phenoxy) is 1. The monoisotopic (exact) mass is 296 g/mol. The Hall–Kier alpha value is -1.26. The van der Waals surface area contributed by atoms with Crippen molar-refractivity contribution in [2.24, 2.45) is 5.92 Å². The van der Waals surface area contributed by atoms with Crippen molar-refractivity contribution in [3.63, 3.8) is 0 Å². The van der Waals surface area contributed by atoms with Gasteiger partial charge >= 0.3 is 6.09 Å². The van der Waals surface area contributed by atoms with Gasteiger partial charge in [0, 0.05) is 25.0 Å². The highest BCUT2D eigenvalue weighted by Crippen LogP contribution is 2.21. The Bertz CT molecular complexity index is 343. The van der Waals surface area contributed by atoms with Crippen molar-refractivity contribution in [2.45, 2.75) is 64.3 Å². The highest BCUT2D eigenvalue weighted by Gasteiger charge is 2.29. The van der Waals surface area contributed by atoms with Crippen LogP contribution in [0.3, 0.4) is 0 Å². The van der Waals surface area contributed by atoms with E-state index in [1.54, 1.807) is 4.90 Å². The van der Waals surface area contributed by atoms with E-state index in [0.29, 0.717) is 25.7 Å². The van der Waals surface area contributed by atoms with Crippen LogP contribution in [0.4, 0.5) is 4.79 Å². The molecule has 0 aromatic rings. The average molecular weight is 296 g/mol. The topological polar surface area (TPSA) is 58.6 Å². The molecule has 21 heavy (non-hydrogen) atoms. The fourth-order valence-electron chi connectivity index (χ4n) is 3.28. The van der Waals surface area contributed by atoms with Crippen molar-refractivity contribution in [2.75, 3.05) is 19.7 Å². The molecule has 2 rings (SSSR count). The van der Waals surface area contributed by atoms with Crippen LogP contribution < -0.4 is 5.32 Å². The number of piperidine rings is 1. The summed E-state index contributed by atoms with van der Waals surface area (Å²) in [6.45, 7) is 3.47. The minimum Gasteiger partial charge on any atom is -0.450 e. The molecular weight excluding hydrogens is 268 g/mol. The van der Waals surface area contributed by atoms with E-state index in [4.69, 9.17) is 4.74 Å². The van der Waals surface area contributed by atoms with Crippen LogP contribution >= 0.6 is 0 Å². The predicted molar refractivity (Wildman–Crippen MR) is 81.0 cm³/mol. The SMILES string of the molecule is CCOC(=O)N1CCC(C(=O)NC2CCCCCC2)CC1. The van der Waals surface area contributed by atoms with E-state index in [-0.39, 0.29) is 17.9 Å². The third-order valence-electron chi connectivity index (χ3n) is 4.59. The van der Waals surface area contributed by atoms with Crippen molar-refractivity contribution in [3.05, 3.63) is 0 Å². The molecule has 1 saturated carbocycles. The fourth-order valence-corrected chi connectivity index (χ4v) is 3.28. The number of carbonyl (C=O) groups is 2. The first-order valence-corrected chi connectivity index (χ1v) is 8.42. The van der Waals surface area contributed by atoms with E-state index in [9.17, 15) is 9.59 Å². The Kier molecular flexibility index (Phi) is 6.33. The molecule has 0 spiro atoms. The van der Waals surface area contributed by atoms with Crippen LogP contribution in [-0.4, -0.2) is 42.6 Å². The molecule has 0 aromatic heterocycles. The largest absolute Gasteiger partial charge is 0.450 e. The van der Waals surface area contributed by atoms with Gasteiger partial charge in [0.1, 0.15) is 0 Å². The molecule has 0 atom stereocenters. The Labute approximate surface area is 127 Å². The van der Waals surface area contributed by atoms with Gasteiger partial charge in [-0.25, -0.2) is 4.79 Å². The van der Waals surface area contributed by atoms with Crippen molar-refractivity contribution in [1.29, 1.82) is 0 Å². The van der Waals surface area contributed by atoms with Gasteiger partial charge < -0.3 is 15.0 Å². The molecule has 1 saturated heterocycles. The number of nitrogens with zero attached hydrogens (tertiary/aromatic N) is 1. The number of hydrogen-bond donors (Lipinski definition) is 1. The second-order valence-electron chi connectivity index (χ2n) is 6.16. The molecule has 0 unspecified atom stereocenters. The van der Waals surface area contributed by atoms with Crippen LogP contribution in [0.5, 0.6) is 0 Å². The molecule has 0 aromatic carbocycles. The molecule has 2 fully saturated rings. The summed E-state index contributed by atoms with van der Waals surface area (Å²) in [6.07, 6.45) is 8.53. The zero-order valence-corrected chi connectivity index (χ0v) is 13.1. The van der Waals surface area contributed by atoms with Crippen LogP contribution in [-0.2, 0) is 9.53 Å². The number of nitrogens with one attached hydrogen (secondary N) is 1. The van der Waals surface area contributed by atoms with Crippen molar-refractivity contribution in [1.82, 2.24) is 10.2 Å². The first kappa shape index (κ1) is 16.1. The van der Waals surface area contributed by atoms with Gasteiger partial charge in [0.2, 0.25) is 5.91 Å². The molecule has 1 heterocycles. The van der Waals surface area contributed by atoms with Crippen molar-refractivity contribution in [3.8, 4) is 0 Å². The number of rotatable bonds is 3. The smallest absolute Gasteiger partial charge is 0.409 e. The molecule has 1 aliphatic heterocycles. The summed E-state index contributed by atoms with van der Waals surface area (Å²) in [5, 5.41) is 3.22. The normalized spacial score (nSPS) is 21.7. The Morgan fingerprint density at radius 3 is 2.24 bits per heavy atom. The van der Waals surface area contributed by atoms with Gasteiger partial charge in [0.05, 0.1) is 6.61 Å². The van der Waals surface area contributed by atoms with E-state index >= 15 is 0 Å². The van der Waals surface area contributed by atoms with Crippen LogP contribution in [0.15, 0.2) is 0 Å². The van der Waals surface area contributed by atoms with Crippen LogP contribution in [0.1, 0.15) is 58.3 Å². The van der Waals surface area contributed by atoms with E-state index in [2.05, 4.69) is 5.32 Å². The molecule has 0 radical (unpaired) electrons. The second kappa shape index (κ2) is 8.25. The summed E-state index contributed by atoms with van der Waals surface area (Å²) in [7, 11) is 0. The maximum Gasteiger partial charge on any atom is 0.409 e. The maximum atomic E-state index is 12.3. The molecule has 1 aliphatic carbocycles. The van der Waals surface area contributed by atoms with Gasteiger partial charge in [-0.15, -0.1) is 0 Å². The molecule has 1 N–H and O–H groups in total. The number of hydrogen-bond acceptors (Lipinski definition) is 3. The minimum absolute atomic E-state index is 0.0546. The van der Waals surface area contributed by atoms with Gasteiger partial charge in [0.15, 0.2) is 0 Å². The lowest BCUT2D eigenvalue weighted by molar-refractivity contribution is -0.127. The van der Waals surface area contributed by atoms with E-state index in [1.807, 2.05) is 6.92 Å². The predicted octanol–water partition coefficient (Wildman–Crippen LogP) is 2.69. The maximum absolute atomic E-state index is 12.3. The van der Waals surface area contributed by atoms with Crippen LogP contribution in [0.2, 0.25) is 0 Å². The summed E-state index contributed by atoms with van der Waals surface area (Å²) in [6, 6.07) is 0.364. The highest BCUT2D eigenvalue weighted by atomic mass is 16.6. The molecule has 5 nitrogen and oxygen atoms in total. The van der Waals surface area contributed by atoms with Gasteiger partial charge in [0.25, 0.3) is 0 Å².